The van der Waals surface area contributed by atoms with E-state index in [1.165, 1.54) is 92.4 Å². The molecule has 0 N–H and O–H groups in total. The molecule has 0 unspecified atom stereocenters. The van der Waals surface area contributed by atoms with Crippen LogP contribution in [-0.2, 0) is 5.41 Å². The third-order valence-corrected chi connectivity index (χ3v) is 17.5. The summed E-state index contributed by atoms with van der Waals surface area (Å²) >= 11 is 0. The Bertz CT molecular complexity index is 3040. The Balaban J connectivity index is 1.04. The Labute approximate surface area is 335 Å². The van der Waals surface area contributed by atoms with E-state index in [1.54, 1.807) is 0 Å². The minimum Gasteiger partial charge on any atom is -0.309 e. The summed E-state index contributed by atoms with van der Waals surface area (Å²) in [6.45, 7) is 4.84. The van der Waals surface area contributed by atoms with Crippen molar-refractivity contribution in [2.75, 3.05) is 0 Å². The van der Waals surface area contributed by atoms with Gasteiger partial charge in [-0.05, 0) is 101 Å². The van der Waals surface area contributed by atoms with E-state index in [4.69, 9.17) is 0 Å². The zero-order chi connectivity index (χ0) is 38.1. The third-order valence-electron chi connectivity index (χ3n) is 12.7. The van der Waals surface area contributed by atoms with Crippen molar-refractivity contribution in [3.8, 4) is 27.9 Å². The number of aromatic nitrogens is 1. The van der Waals surface area contributed by atoms with Gasteiger partial charge in [-0.3, -0.25) is 0 Å². The maximum Gasteiger partial charge on any atom is 0.179 e. The van der Waals surface area contributed by atoms with Gasteiger partial charge in [0.25, 0.3) is 0 Å². The molecule has 2 heteroatoms. The standard InChI is InChI=1S/C55H41NSi/c1-55(2)51-36-41(40-28-33-54-50(35-40)49-24-14-15-25-53(49)56(54)42-29-26-38-16-12-13-17-39(38)34-42)27-31-47(51)48-32-30-46(37-52(48)55)57(43-18-6-3-7-19-43,44-20-8-4-9-21-44)45-22-10-5-11-23-45/h3-37H,1-2H3. The monoisotopic (exact) mass is 743 g/mol. The first kappa shape index (κ1) is 33.6. The molecule has 0 amide bonds. The summed E-state index contributed by atoms with van der Waals surface area (Å²) in [6, 6.07) is 79.6. The van der Waals surface area contributed by atoms with Crippen molar-refractivity contribution in [2.45, 2.75) is 19.3 Å². The van der Waals surface area contributed by atoms with Gasteiger partial charge in [-0.15, -0.1) is 0 Å². The summed E-state index contributed by atoms with van der Waals surface area (Å²) in [5.41, 5.74) is 11.4. The number of benzene rings is 9. The molecule has 1 aliphatic carbocycles. The van der Waals surface area contributed by atoms with E-state index in [1.807, 2.05) is 0 Å². The van der Waals surface area contributed by atoms with Gasteiger partial charge in [0.1, 0.15) is 0 Å². The minimum absolute atomic E-state index is 0.183. The van der Waals surface area contributed by atoms with Gasteiger partial charge in [-0.2, -0.15) is 0 Å². The minimum atomic E-state index is -2.66. The Hall–Kier alpha value is -6.74. The van der Waals surface area contributed by atoms with E-state index in [9.17, 15) is 0 Å². The Morgan fingerprint density at radius 3 is 1.58 bits per heavy atom. The van der Waals surface area contributed by atoms with Crippen molar-refractivity contribution in [3.63, 3.8) is 0 Å². The molecule has 1 aromatic heterocycles. The van der Waals surface area contributed by atoms with Gasteiger partial charge in [0.05, 0.1) is 11.0 Å². The second-order valence-electron chi connectivity index (χ2n) is 16.1. The smallest absolute Gasteiger partial charge is 0.179 e. The second kappa shape index (κ2) is 12.9. The molecule has 11 rings (SSSR count). The molecule has 0 saturated heterocycles. The second-order valence-corrected chi connectivity index (χ2v) is 19.9. The fourth-order valence-electron chi connectivity index (χ4n) is 9.96. The molecule has 0 aliphatic heterocycles. The molecule has 1 nitrogen and oxygen atoms in total. The van der Waals surface area contributed by atoms with Gasteiger partial charge in [-0.1, -0.05) is 190 Å². The average molecular weight is 744 g/mol. The lowest BCUT2D eigenvalue weighted by Gasteiger charge is -2.35. The summed E-state index contributed by atoms with van der Waals surface area (Å²) in [5, 5.41) is 10.7. The van der Waals surface area contributed by atoms with Crippen molar-refractivity contribution in [3.05, 3.63) is 223 Å². The highest BCUT2D eigenvalue weighted by molar-refractivity contribution is 7.19. The van der Waals surface area contributed by atoms with Crippen LogP contribution in [0.1, 0.15) is 25.0 Å². The van der Waals surface area contributed by atoms with Gasteiger partial charge in [-0.25, -0.2) is 0 Å². The van der Waals surface area contributed by atoms with Crippen molar-refractivity contribution < 1.29 is 0 Å². The molecule has 57 heavy (non-hydrogen) atoms. The van der Waals surface area contributed by atoms with Crippen molar-refractivity contribution in [1.29, 1.82) is 0 Å². The van der Waals surface area contributed by atoms with Crippen LogP contribution in [0.5, 0.6) is 0 Å². The molecule has 270 valence electrons. The average Bonchev–Trinajstić information content (AvgIpc) is 3.72. The van der Waals surface area contributed by atoms with Crippen molar-refractivity contribution in [1.82, 2.24) is 4.57 Å². The molecule has 0 bridgehead atoms. The van der Waals surface area contributed by atoms with Crippen LogP contribution in [-0.4, -0.2) is 12.6 Å². The lowest BCUT2D eigenvalue weighted by molar-refractivity contribution is 0.661. The number of rotatable bonds is 6. The van der Waals surface area contributed by atoms with Crippen LogP contribution in [0.4, 0.5) is 0 Å². The summed E-state index contributed by atoms with van der Waals surface area (Å²) in [4.78, 5) is 0. The highest BCUT2D eigenvalue weighted by Crippen LogP contribution is 2.49. The topological polar surface area (TPSA) is 4.93 Å². The molecular weight excluding hydrogens is 703 g/mol. The van der Waals surface area contributed by atoms with Crippen LogP contribution >= 0.6 is 0 Å². The van der Waals surface area contributed by atoms with Gasteiger partial charge in [0.15, 0.2) is 8.07 Å². The molecule has 10 aromatic rings. The fourth-order valence-corrected chi connectivity index (χ4v) is 14.7. The van der Waals surface area contributed by atoms with Gasteiger partial charge in [0.2, 0.25) is 0 Å². The Kier molecular flexibility index (Phi) is 7.61. The number of para-hydroxylation sites is 1. The lowest BCUT2D eigenvalue weighted by atomic mass is 9.81. The quantitative estimate of drug-likeness (QED) is 0.118. The number of hydrogen-bond donors (Lipinski definition) is 0. The van der Waals surface area contributed by atoms with Crippen LogP contribution in [0.2, 0.25) is 0 Å². The Morgan fingerprint density at radius 2 is 0.895 bits per heavy atom. The van der Waals surface area contributed by atoms with Gasteiger partial charge < -0.3 is 4.57 Å². The number of fused-ring (bicyclic) bond motifs is 7. The summed E-state index contributed by atoms with van der Waals surface area (Å²) < 4.78 is 2.42. The first-order valence-corrected chi connectivity index (χ1v) is 22.0. The van der Waals surface area contributed by atoms with Crippen molar-refractivity contribution in [2.24, 2.45) is 0 Å². The largest absolute Gasteiger partial charge is 0.309 e. The van der Waals surface area contributed by atoms with E-state index in [-0.39, 0.29) is 5.41 Å². The van der Waals surface area contributed by atoms with E-state index in [2.05, 4.69) is 231 Å². The molecule has 0 spiro atoms. The molecule has 1 heterocycles. The molecule has 9 aromatic carbocycles. The highest BCUT2D eigenvalue weighted by Gasteiger charge is 2.44. The first-order chi connectivity index (χ1) is 28.0. The number of hydrogen-bond acceptors (Lipinski definition) is 0. The van der Waals surface area contributed by atoms with Crippen LogP contribution < -0.4 is 20.7 Å². The van der Waals surface area contributed by atoms with Crippen LogP contribution in [0, 0.1) is 0 Å². The van der Waals surface area contributed by atoms with Gasteiger partial charge in [0, 0.05) is 21.9 Å². The highest BCUT2D eigenvalue weighted by atomic mass is 28.3. The molecule has 1 aliphatic rings. The predicted octanol–water partition coefficient (Wildman–Crippen LogP) is 11.3. The van der Waals surface area contributed by atoms with E-state index in [0.29, 0.717) is 0 Å². The third kappa shape index (κ3) is 5.07. The fraction of sp³-hybridized carbons (Fsp3) is 0.0545. The molecule has 0 saturated carbocycles. The van der Waals surface area contributed by atoms with Crippen LogP contribution in [0.15, 0.2) is 212 Å². The van der Waals surface area contributed by atoms with E-state index in [0.717, 1.165) is 0 Å². The summed E-state index contributed by atoms with van der Waals surface area (Å²) in [6.07, 6.45) is 0. The molecule has 0 fully saturated rings. The first-order valence-electron chi connectivity index (χ1n) is 20.0. The lowest BCUT2D eigenvalue weighted by Crippen LogP contribution is -2.74. The summed E-state index contributed by atoms with van der Waals surface area (Å²) in [7, 11) is -2.66. The summed E-state index contributed by atoms with van der Waals surface area (Å²) in [5.74, 6) is 0. The SMILES string of the molecule is CC1(C)c2cc(-c3ccc4c(c3)c3ccccc3n4-c3ccc4ccccc4c3)ccc2-c2ccc([Si](c3ccccc3)(c3ccccc3)c3ccccc3)cc21. The maximum atomic E-state index is 2.57. The van der Waals surface area contributed by atoms with Crippen molar-refractivity contribution >= 4 is 61.4 Å². The Morgan fingerprint density at radius 1 is 0.368 bits per heavy atom. The zero-order valence-electron chi connectivity index (χ0n) is 32.2. The molecule has 0 atom stereocenters. The molecule has 0 radical (unpaired) electrons. The van der Waals surface area contributed by atoms with E-state index >= 15 is 0 Å². The zero-order valence-corrected chi connectivity index (χ0v) is 33.2. The number of nitrogens with zero attached hydrogens (tertiary/aromatic N) is 1. The molecular formula is C55H41NSi. The predicted molar refractivity (Wildman–Crippen MR) is 245 cm³/mol. The van der Waals surface area contributed by atoms with Gasteiger partial charge >= 0.3 is 0 Å². The normalized spacial score (nSPS) is 13.2. The maximum absolute atomic E-state index is 2.66. The van der Waals surface area contributed by atoms with Crippen LogP contribution in [0.3, 0.4) is 0 Å². The van der Waals surface area contributed by atoms with E-state index < -0.39 is 8.07 Å². The van der Waals surface area contributed by atoms with Crippen LogP contribution in [0.25, 0.3) is 60.5 Å².